The fourth-order valence-corrected chi connectivity index (χ4v) is 2.55. The van der Waals surface area contributed by atoms with E-state index in [1.165, 1.54) is 6.08 Å². The molecule has 1 heterocycles. The lowest BCUT2D eigenvalue weighted by Crippen LogP contribution is -2.29. The average molecular weight is 355 g/mol. The second-order valence-corrected chi connectivity index (χ2v) is 6.43. The molecule has 0 aliphatic carbocycles. The van der Waals surface area contributed by atoms with Crippen LogP contribution in [0.5, 0.6) is 0 Å². The van der Waals surface area contributed by atoms with E-state index in [1.807, 2.05) is 52.9 Å². The number of nitrogens with zero attached hydrogens (tertiary/aromatic N) is 2. The number of ether oxygens (including phenoxy) is 1. The second kappa shape index (κ2) is 7.99. The molecule has 2 aromatic rings. The monoisotopic (exact) mass is 355 g/mol. The minimum Gasteiger partial charge on any atom is -0.449 e. The van der Waals surface area contributed by atoms with Crippen molar-refractivity contribution in [2.24, 2.45) is 7.05 Å². The van der Waals surface area contributed by atoms with Gasteiger partial charge in [0.1, 0.15) is 0 Å². The highest BCUT2D eigenvalue weighted by Crippen LogP contribution is 2.17. The second-order valence-electron chi connectivity index (χ2n) is 6.43. The molecule has 6 heteroatoms. The molecule has 138 valence electrons. The van der Waals surface area contributed by atoms with Crippen molar-refractivity contribution in [2.45, 2.75) is 40.7 Å². The van der Waals surface area contributed by atoms with Crippen molar-refractivity contribution in [3.8, 4) is 0 Å². The normalized spacial score (nSPS) is 12.2. The Kier molecular flexibility index (Phi) is 5.97. The Balaban J connectivity index is 1.98. The van der Waals surface area contributed by atoms with Crippen molar-refractivity contribution in [3.05, 3.63) is 52.4 Å². The third-order valence-electron chi connectivity index (χ3n) is 4.26. The lowest BCUT2D eigenvalue weighted by atomic mass is 10.1. The Labute approximate surface area is 153 Å². The summed E-state index contributed by atoms with van der Waals surface area (Å²) in [5.41, 5.74) is 5.36. The number of amides is 1. The fraction of sp³-hybridized carbons (Fsp3) is 0.350. The molecule has 0 spiro atoms. The van der Waals surface area contributed by atoms with Gasteiger partial charge in [-0.15, -0.1) is 0 Å². The van der Waals surface area contributed by atoms with E-state index >= 15 is 0 Å². The number of esters is 1. The van der Waals surface area contributed by atoms with Gasteiger partial charge in [-0.1, -0.05) is 12.1 Å². The number of carbonyl (C=O) groups is 2. The first-order valence-corrected chi connectivity index (χ1v) is 8.46. The minimum absolute atomic E-state index is 0.366. The lowest BCUT2D eigenvalue weighted by molar-refractivity contribution is -0.148. The molecule has 6 nitrogen and oxygen atoms in total. The molecular weight excluding hydrogens is 330 g/mol. The topological polar surface area (TPSA) is 73.2 Å². The van der Waals surface area contributed by atoms with E-state index in [0.29, 0.717) is 0 Å². The van der Waals surface area contributed by atoms with E-state index in [4.69, 9.17) is 4.74 Å². The van der Waals surface area contributed by atoms with Crippen LogP contribution in [0.4, 0.5) is 5.69 Å². The van der Waals surface area contributed by atoms with E-state index in [1.54, 1.807) is 17.7 Å². The van der Waals surface area contributed by atoms with Crippen LogP contribution in [0.3, 0.4) is 0 Å². The van der Waals surface area contributed by atoms with E-state index < -0.39 is 12.1 Å². The molecular formula is C20H25N3O3. The van der Waals surface area contributed by atoms with Gasteiger partial charge in [0, 0.05) is 30.1 Å². The van der Waals surface area contributed by atoms with Crippen LogP contribution in [-0.2, 0) is 21.4 Å². The first-order valence-electron chi connectivity index (χ1n) is 8.46. The maximum Gasteiger partial charge on any atom is 0.331 e. The van der Waals surface area contributed by atoms with Crippen LogP contribution in [0.25, 0.3) is 6.08 Å². The SMILES string of the molecule is Cc1ccc(C)c(NC(=O)[C@H](C)OC(=O)/C=C/c2c(C)nn(C)c2C)c1. The molecule has 1 atom stereocenters. The van der Waals surface area contributed by atoms with Gasteiger partial charge in [0.05, 0.1) is 5.69 Å². The average Bonchev–Trinajstić information content (AvgIpc) is 2.81. The molecule has 1 aromatic heterocycles. The van der Waals surface area contributed by atoms with Crippen LogP contribution in [0, 0.1) is 27.7 Å². The molecule has 0 bridgehead atoms. The number of hydrogen-bond donors (Lipinski definition) is 1. The third kappa shape index (κ3) is 4.59. The van der Waals surface area contributed by atoms with Crippen LogP contribution in [0.1, 0.15) is 35.0 Å². The van der Waals surface area contributed by atoms with Crippen molar-refractivity contribution >= 4 is 23.6 Å². The number of benzene rings is 1. The Morgan fingerprint density at radius 1 is 1.23 bits per heavy atom. The molecule has 0 radical (unpaired) electrons. The van der Waals surface area contributed by atoms with Gasteiger partial charge in [0.2, 0.25) is 0 Å². The number of aromatic nitrogens is 2. The van der Waals surface area contributed by atoms with Crippen LogP contribution in [-0.4, -0.2) is 27.8 Å². The summed E-state index contributed by atoms with van der Waals surface area (Å²) < 4.78 is 6.95. The number of carbonyl (C=O) groups excluding carboxylic acids is 2. The molecule has 0 aliphatic heterocycles. The van der Waals surface area contributed by atoms with Gasteiger partial charge in [-0.3, -0.25) is 9.48 Å². The van der Waals surface area contributed by atoms with Gasteiger partial charge in [-0.25, -0.2) is 4.79 Å². The summed E-state index contributed by atoms with van der Waals surface area (Å²) in [4.78, 5) is 24.3. The summed E-state index contributed by atoms with van der Waals surface area (Å²) in [7, 11) is 1.84. The van der Waals surface area contributed by atoms with Gasteiger partial charge in [-0.05, 0) is 57.9 Å². The number of hydrogen-bond acceptors (Lipinski definition) is 4. The van der Waals surface area contributed by atoms with Gasteiger partial charge < -0.3 is 10.1 Å². The molecule has 1 amide bonds. The highest BCUT2D eigenvalue weighted by atomic mass is 16.5. The van der Waals surface area contributed by atoms with Gasteiger partial charge in [0.25, 0.3) is 5.91 Å². The van der Waals surface area contributed by atoms with Gasteiger partial charge in [0.15, 0.2) is 6.10 Å². The molecule has 0 aliphatic rings. The Bertz CT molecular complexity index is 865. The first-order chi connectivity index (χ1) is 12.2. The number of aryl methyl sites for hydroxylation is 4. The molecule has 0 saturated carbocycles. The molecule has 2 rings (SSSR count). The van der Waals surface area contributed by atoms with E-state index in [2.05, 4.69) is 10.4 Å². The van der Waals surface area contributed by atoms with Crippen LogP contribution < -0.4 is 5.32 Å². The van der Waals surface area contributed by atoms with Crippen molar-refractivity contribution in [2.75, 3.05) is 5.32 Å². The standard InChI is InChI=1S/C20H25N3O3/c1-12-7-8-13(2)18(11-12)21-20(25)16(5)26-19(24)10-9-17-14(3)22-23(6)15(17)4/h7-11,16H,1-6H3,(H,21,25)/b10-9+/t16-/m0/s1. The molecule has 0 unspecified atom stereocenters. The highest BCUT2D eigenvalue weighted by Gasteiger charge is 2.17. The zero-order valence-electron chi connectivity index (χ0n) is 16.1. The van der Waals surface area contributed by atoms with E-state index in [9.17, 15) is 9.59 Å². The highest BCUT2D eigenvalue weighted by molar-refractivity contribution is 5.97. The maximum absolute atomic E-state index is 12.3. The van der Waals surface area contributed by atoms with Gasteiger partial charge in [-0.2, -0.15) is 5.10 Å². The quantitative estimate of drug-likeness (QED) is 0.660. The molecule has 26 heavy (non-hydrogen) atoms. The summed E-state index contributed by atoms with van der Waals surface area (Å²) in [5, 5.41) is 7.09. The number of rotatable bonds is 5. The number of nitrogens with one attached hydrogen (secondary N) is 1. The van der Waals surface area contributed by atoms with Crippen molar-refractivity contribution in [1.29, 1.82) is 0 Å². The predicted octanol–water partition coefficient (Wildman–Crippen LogP) is 3.24. The van der Waals surface area contributed by atoms with Gasteiger partial charge >= 0.3 is 5.97 Å². The molecule has 1 N–H and O–H groups in total. The van der Waals surface area contributed by atoms with Crippen LogP contribution >= 0.6 is 0 Å². The Hall–Kier alpha value is -2.89. The molecule has 1 aromatic carbocycles. The molecule has 0 saturated heterocycles. The summed E-state index contributed by atoms with van der Waals surface area (Å²) >= 11 is 0. The van der Waals surface area contributed by atoms with Crippen molar-refractivity contribution < 1.29 is 14.3 Å². The van der Waals surface area contributed by atoms with E-state index in [0.717, 1.165) is 33.8 Å². The predicted molar refractivity (Wildman–Crippen MR) is 102 cm³/mol. The Morgan fingerprint density at radius 3 is 2.54 bits per heavy atom. The minimum atomic E-state index is -0.900. The molecule has 0 fully saturated rings. The smallest absolute Gasteiger partial charge is 0.331 e. The third-order valence-corrected chi connectivity index (χ3v) is 4.26. The van der Waals surface area contributed by atoms with E-state index in [-0.39, 0.29) is 5.91 Å². The first kappa shape index (κ1) is 19.4. The zero-order chi connectivity index (χ0) is 19.4. The summed E-state index contributed by atoms with van der Waals surface area (Å²) in [6, 6.07) is 5.79. The maximum atomic E-state index is 12.3. The Morgan fingerprint density at radius 2 is 1.92 bits per heavy atom. The summed E-state index contributed by atoms with van der Waals surface area (Å²) in [6.07, 6.45) is 2.08. The number of anilines is 1. The van der Waals surface area contributed by atoms with Crippen LogP contribution in [0.15, 0.2) is 24.3 Å². The lowest BCUT2D eigenvalue weighted by Gasteiger charge is -2.14. The summed E-state index contributed by atoms with van der Waals surface area (Å²) in [5.74, 6) is -0.939. The zero-order valence-corrected chi connectivity index (χ0v) is 16.1. The largest absolute Gasteiger partial charge is 0.449 e. The summed E-state index contributed by atoms with van der Waals surface area (Å²) in [6.45, 7) is 9.20. The fourth-order valence-electron chi connectivity index (χ4n) is 2.55. The van der Waals surface area contributed by atoms with Crippen molar-refractivity contribution in [3.63, 3.8) is 0 Å². The van der Waals surface area contributed by atoms with Crippen molar-refractivity contribution in [1.82, 2.24) is 9.78 Å². The van der Waals surface area contributed by atoms with Crippen LogP contribution in [0.2, 0.25) is 0 Å².